The summed E-state index contributed by atoms with van der Waals surface area (Å²) in [6.07, 6.45) is 3.33. The van der Waals surface area contributed by atoms with E-state index in [0.29, 0.717) is 24.6 Å². The van der Waals surface area contributed by atoms with Gasteiger partial charge in [0.25, 0.3) is 5.91 Å². The number of carbonyl (C=O) groups is 1. The third kappa shape index (κ3) is 6.63. The largest absolute Gasteiger partial charge is 0.488 e. The van der Waals surface area contributed by atoms with Crippen molar-refractivity contribution in [1.29, 1.82) is 0 Å². The molecule has 3 aromatic carbocycles. The molecule has 6 nitrogen and oxygen atoms in total. The van der Waals surface area contributed by atoms with Gasteiger partial charge in [-0.25, -0.2) is 5.43 Å². The van der Waals surface area contributed by atoms with Crippen LogP contribution in [-0.4, -0.2) is 21.9 Å². The van der Waals surface area contributed by atoms with Crippen LogP contribution in [0.3, 0.4) is 0 Å². The number of amides is 1. The maximum absolute atomic E-state index is 12.4. The molecule has 0 bridgehead atoms. The lowest BCUT2D eigenvalue weighted by molar-refractivity contribution is 0.0949. The number of para-hydroxylation sites is 1. The highest BCUT2D eigenvalue weighted by atomic mass is 79.9. The van der Waals surface area contributed by atoms with Gasteiger partial charge in [-0.2, -0.15) is 10.2 Å². The van der Waals surface area contributed by atoms with Gasteiger partial charge < -0.3 is 4.74 Å². The van der Waals surface area contributed by atoms with Gasteiger partial charge in [0.1, 0.15) is 12.4 Å². The zero-order valence-corrected chi connectivity index (χ0v) is 20.7. The monoisotopic (exact) mass is 566 g/mol. The fourth-order valence-electron chi connectivity index (χ4n) is 3.03. The molecular formula is C25H20Br2N4O2. The van der Waals surface area contributed by atoms with Crippen molar-refractivity contribution in [2.24, 2.45) is 5.10 Å². The molecule has 4 rings (SSSR count). The molecule has 1 N–H and O–H groups in total. The van der Waals surface area contributed by atoms with E-state index in [1.54, 1.807) is 23.2 Å². The van der Waals surface area contributed by atoms with Crippen molar-refractivity contribution >= 4 is 44.0 Å². The molecule has 0 fully saturated rings. The summed E-state index contributed by atoms with van der Waals surface area (Å²) in [7, 11) is 0. The predicted molar refractivity (Wildman–Crippen MR) is 135 cm³/mol. The molecule has 33 heavy (non-hydrogen) atoms. The Hall–Kier alpha value is -3.23. The molecule has 0 saturated heterocycles. The fourth-order valence-corrected chi connectivity index (χ4v) is 3.55. The van der Waals surface area contributed by atoms with Gasteiger partial charge in [0.05, 0.1) is 12.8 Å². The summed E-state index contributed by atoms with van der Waals surface area (Å²) in [6, 6.07) is 25.1. The average molecular weight is 568 g/mol. The number of hydrogen-bond donors (Lipinski definition) is 1. The number of ether oxygens (including phenoxy) is 1. The van der Waals surface area contributed by atoms with Crippen LogP contribution in [-0.2, 0) is 13.2 Å². The number of hydrazone groups is 1. The third-order valence-electron chi connectivity index (χ3n) is 4.73. The molecule has 4 aromatic rings. The highest BCUT2D eigenvalue weighted by Crippen LogP contribution is 2.18. The van der Waals surface area contributed by atoms with Crippen molar-refractivity contribution in [1.82, 2.24) is 15.2 Å². The van der Waals surface area contributed by atoms with Crippen molar-refractivity contribution in [2.45, 2.75) is 13.2 Å². The second-order valence-electron chi connectivity index (χ2n) is 7.18. The van der Waals surface area contributed by atoms with Crippen LogP contribution in [0, 0.1) is 0 Å². The molecule has 8 heteroatoms. The van der Waals surface area contributed by atoms with Gasteiger partial charge in [-0.05, 0) is 53.6 Å². The van der Waals surface area contributed by atoms with E-state index in [1.165, 1.54) is 0 Å². The van der Waals surface area contributed by atoms with Crippen molar-refractivity contribution < 1.29 is 9.53 Å². The molecule has 1 amide bonds. The maximum Gasteiger partial charge on any atom is 0.291 e. The quantitative estimate of drug-likeness (QED) is 0.216. The van der Waals surface area contributed by atoms with E-state index in [2.05, 4.69) is 47.5 Å². The molecule has 166 valence electrons. The first-order chi connectivity index (χ1) is 16.1. The summed E-state index contributed by atoms with van der Waals surface area (Å²) in [6.45, 7) is 1.01. The van der Waals surface area contributed by atoms with Crippen molar-refractivity contribution in [3.8, 4) is 5.75 Å². The normalized spacial score (nSPS) is 11.0. The first kappa shape index (κ1) is 22.9. The van der Waals surface area contributed by atoms with E-state index >= 15 is 0 Å². The minimum absolute atomic E-state index is 0.295. The molecular weight excluding hydrogens is 548 g/mol. The summed E-state index contributed by atoms with van der Waals surface area (Å²) in [5.41, 5.74) is 5.72. The number of benzene rings is 3. The van der Waals surface area contributed by atoms with E-state index in [-0.39, 0.29) is 5.91 Å². The van der Waals surface area contributed by atoms with Gasteiger partial charge >= 0.3 is 0 Å². The summed E-state index contributed by atoms with van der Waals surface area (Å²) in [5, 5.41) is 8.41. The fraction of sp³-hybridized carbons (Fsp3) is 0.0800. The number of nitrogens with one attached hydrogen (secondary N) is 1. The van der Waals surface area contributed by atoms with E-state index in [4.69, 9.17) is 4.74 Å². The Morgan fingerprint density at radius 2 is 1.61 bits per heavy atom. The number of nitrogens with zero attached hydrogens (tertiary/aromatic N) is 3. The molecule has 0 saturated carbocycles. The Labute approximate surface area is 208 Å². The number of carbonyl (C=O) groups excluding carboxylic acids is 1. The molecule has 0 radical (unpaired) electrons. The lowest BCUT2D eigenvalue weighted by atomic mass is 10.2. The van der Waals surface area contributed by atoms with Crippen LogP contribution in [0.4, 0.5) is 0 Å². The van der Waals surface area contributed by atoms with Crippen molar-refractivity contribution in [2.75, 3.05) is 0 Å². The Bertz CT molecular complexity index is 1250. The lowest BCUT2D eigenvalue weighted by Crippen LogP contribution is -2.18. The van der Waals surface area contributed by atoms with E-state index in [9.17, 15) is 4.79 Å². The minimum Gasteiger partial charge on any atom is -0.488 e. The highest BCUT2D eigenvalue weighted by molar-refractivity contribution is 9.10. The van der Waals surface area contributed by atoms with Gasteiger partial charge in [0.2, 0.25) is 0 Å². The highest BCUT2D eigenvalue weighted by Gasteiger charge is 2.09. The molecule has 1 aromatic heterocycles. The zero-order chi connectivity index (χ0) is 23.0. The van der Waals surface area contributed by atoms with Crippen molar-refractivity contribution in [3.05, 3.63) is 116 Å². The van der Waals surface area contributed by atoms with Crippen molar-refractivity contribution in [3.63, 3.8) is 0 Å². The van der Waals surface area contributed by atoms with Gasteiger partial charge in [-0.15, -0.1) is 0 Å². The SMILES string of the molecule is O=C(N/N=C/c1ccccc1OCc1ccc(Br)cc1)c1ccn(Cc2ccc(Br)cc2)n1. The summed E-state index contributed by atoms with van der Waals surface area (Å²) < 4.78 is 9.69. The van der Waals surface area contributed by atoms with Crippen LogP contribution in [0.15, 0.2) is 99.1 Å². The molecule has 0 spiro atoms. The summed E-state index contributed by atoms with van der Waals surface area (Å²) in [5.74, 6) is 0.297. The molecule has 0 aliphatic carbocycles. The summed E-state index contributed by atoms with van der Waals surface area (Å²) >= 11 is 6.85. The molecule has 0 aliphatic rings. The third-order valence-corrected chi connectivity index (χ3v) is 5.78. The van der Waals surface area contributed by atoms with E-state index < -0.39 is 0 Å². The number of aromatic nitrogens is 2. The first-order valence-corrected chi connectivity index (χ1v) is 11.7. The van der Waals surface area contributed by atoms with Gasteiger partial charge in [-0.3, -0.25) is 9.48 Å². The Morgan fingerprint density at radius 1 is 0.939 bits per heavy atom. The van der Waals surface area contributed by atoms with Gasteiger partial charge in [0.15, 0.2) is 5.69 Å². The van der Waals surface area contributed by atoms with E-state index in [0.717, 1.165) is 25.6 Å². The number of hydrogen-bond acceptors (Lipinski definition) is 4. The van der Waals surface area contributed by atoms with Crippen LogP contribution in [0.5, 0.6) is 5.75 Å². The van der Waals surface area contributed by atoms with Crippen LogP contribution in [0.25, 0.3) is 0 Å². The Balaban J connectivity index is 1.34. The minimum atomic E-state index is -0.380. The average Bonchev–Trinajstić information content (AvgIpc) is 3.29. The predicted octanol–water partition coefficient (Wildman–Crippen LogP) is 5.80. The van der Waals surface area contributed by atoms with E-state index in [1.807, 2.05) is 72.8 Å². The molecule has 1 heterocycles. The second kappa shape index (κ2) is 11.1. The standard InChI is InChI=1S/C25H20Br2N4O2/c26-21-9-5-18(6-10-21)16-31-14-13-23(30-31)25(32)29-28-15-20-3-1-2-4-24(20)33-17-19-7-11-22(27)12-8-19/h1-15H,16-17H2,(H,29,32)/b28-15+. The van der Waals surface area contributed by atoms with Crippen LogP contribution >= 0.6 is 31.9 Å². The lowest BCUT2D eigenvalue weighted by Gasteiger charge is -2.09. The Morgan fingerprint density at radius 3 is 2.33 bits per heavy atom. The van der Waals surface area contributed by atoms with Crippen LogP contribution in [0.1, 0.15) is 27.2 Å². The van der Waals surface area contributed by atoms with Gasteiger partial charge in [-0.1, -0.05) is 68.3 Å². The topological polar surface area (TPSA) is 68.5 Å². The number of rotatable bonds is 8. The number of halogens is 2. The van der Waals surface area contributed by atoms with Gasteiger partial charge in [0, 0.05) is 20.7 Å². The van der Waals surface area contributed by atoms with Crippen LogP contribution < -0.4 is 10.2 Å². The first-order valence-electron chi connectivity index (χ1n) is 10.1. The maximum atomic E-state index is 12.4. The van der Waals surface area contributed by atoms with Crippen LogP contribution in [0.2, 0.25) is 0 Å². The molecule has 0 unspecified atom stereocenters. The molecule has 0 aliphatic heterocycles. The zero-order valence-electron chi connectivity index (χ0n) is 17.5. The Kier molecular flexibility index (Phi) is 7.70. The summed E-state index contributed by atoms with van der Waals surface area (Å²) in [4.78, 5) is 12.4. The second-order valence-corrected chi connectivity index (χ2v) is 9.01. The smallest absolute Gasteiger partial charge is 0.291 e. The molecule has 0 atom stereocenters.